The Morgan fingerprint density at radius 2 is 2.25 bits per heavy atom. The first-order valence-electron chi connectivity index (χ1n) is 6.12. The number of hydrogen-bond acceptors (Lipinski definition) is 5. The molecule has 7 nitrogen and oxygen atoms in total. The minimum absolute atomic E-state index is 0. The molecule has 0 aromatic rings. The van der Waals surface area contributed by atoms with Gasteiger partial charge in [0.1, 0.15) is 5.60 Å². The number of nitrogens with one attached hydrogen (secondary N) is 1. The van der Waals surface area contributed by atoms with Gasteiger partial charge in [-0.3, -0.25) is 0 Å². The molecule has 8 heteroatoms. The Balaban J connectivity index is 0.00000147. The molecule has 105 valence electrons. The average Bonchev–Trinajstić information content (AvgIpc) is 2.91. The van der Waals surface area contributed by atoms with Crippen molar-refractivity contribution in [2.45, 2.75) is 31.3 Å². The molecular weight excluding hydrogens is 277 g/mol. The monoisotopic (exact) mass is 292 g/mol. The van der Waals surface area contributed by atoms with Crippen LogP contribution >= 0.6 is 0 Å². The quantitative estimate of drug-likeness (QED) is 0.552. The van der Waals surface area contributed by atoms with Crippen molar-refractivity contribution < 1.29 is 28.9 Å². The van der Waals surface area contributed by atoms with Gasteiger partial charge in [0.15, 0.2) is 0 Å². The standard InChI is InChI=1S/C12H15NO6.Na/c1-12-7(19-12)3-5-6(9(14)15)4-17-10(8(5)12)18-11(16)13-2;/h4-5,7-8,10H,3H2,1-2H3,(H,13,16)(H,14,15);/t5-,7+,8+,10+,12+;/m1./s1. The molecule has 2 N–H and O–H groups in total. The molecular formula is C12H15NNaO6. The zero-order valence-electron chi connectivity index (χ0n) is 11.6. The number of rotatable bonds is 2. The van der Waals surface area contributed by atoms with Gasteiger partial charge in [-0.2, -0.15) is 0 Å². The number of amides is 1. The van der Waals surface area contributed by atoms with Crippen LogP contribution in [-0.2, 0) is 19.0 Å². The van der Waals surface area contributed by atoms with E-state index < -0.39 is 24.0 Å². The molecule has 1 saturated heterocycles. The Hall–Kier alpha value is -0.760. The van der Waals surface area contributed by atoms with Gasteiger partial charge in [0.25, 0.3) is 6.29 Å². The van der Waals surface area contributed by atoms with Gasteiger partial charge in [0.2, 0.25) is 0 Å². The Morgan fingerprint density at radius 1 is 1.55 bits per heavy atom. The maximum Gasteiger partial charge on any atom is 0.409 e. The molecule has 2 heterocycles. The van der Waals surface area contributed by atoms with Gasteiger partial charge in [-0.25, -0.2) is 9.59 Å². The van der Waals surface area contributed by atoms with E-state index in [0.717, 1.165) is 0 Å². The smallest absolute Gasteiger partial charge is 0.409 e. The molecule has 0 aromatic carbocycles. The number of hydrogen-bond donors (Lipinski definition) is 2. The van der Waals surface area contributed by atoms with Crippen LogP contribution in [-0.4, -0.2) is 71.8 Å². The van der Waals surface area contributed by atoms with Gasteiger partial charge in [0, 0.05) is 42.5 Å². The fourth-order valence-corrected chi connectivity index (χ4v) is 3.19. The van der Waals surface area contributed by atoms with Gasteiger partial charge in [-0.05, 0) is 13.3 Å². The van der Waals surface area contributed by atoms with Crippen molar-refractivity contribution >= 4 is 41.6 Å². The first kappa shape index (κ1) is 15.6. The van der Waals surface area contributed by atoms with E-state index >= 15 is 0 Å². The fourth-order valence-electron chi connectivity index (χ4n) is 3.19. The van der Waals surface area contributed by atoms with Gasteiger partial charge in [-0.1, -0.05) is 0 Å². The number of carboxylic acid groups (broad SMARTS) is 1. The number of alkyl carbamates (subject to hydrolysis) is 1. The zero-order valence-corrected chi connectivity index (χ0v) is 13.6. The second-order valence-corrected chi connectivity index (χ2v) is 5.20. The molecule has 2 aliphatic heterocycles. The first-order valence-corrected chi connectivity index (χ1v) is 6.12. The van der Waals surface area contributed by atoms with Gasteiger partial charge < -0.3 is 24.6 Å². The Morgan fingerprint density at radius 3 is 2.85 bits per heavy atom. The molecule has 3 aliphatic rings. The van der Waals surface area contributed by atoms with Crippen molar-refractivity contribution in [2.75, 3.05) is 7.05 Å². The van der Waals surface area contributed by atoms with Crippen LogP contribution in [0, 0.1) is 11.8 Å². The maximum atomic E-state index is 11.3. The summed E-state index contributed by atoms with van der Waals surface area (Å²) in [5, 5.41) is 11.5. The van der Waals surface area contributed by atoms with Crippen LogP contribution in [0.15, 0.2) is 11.8 Å². The van der Waals surface area contributed by atoms with Crippen molar-refractivity contribution in [1.82, 2.24) is 5.32 Å². The number of fused-ring (bicyclic) bond motifs is 3. The second kappa shape index (κ2) is 5.22. The minimum atomic E-state index is -1.00. The molecule has 0 spiro atoms. The predicted octanol–water partition coefficient (Wildman–Crippen LogP) is 0.0800. The first-order chi connectivity index (χ1) is 8.97. The van der Waals surface area contributed by atoms with E-state index in [2.05, 4.69) is 5.32 Å². The molecule has 0 unspecified atom stereocenters. The summed E-state index contributed by atoms with van der Waals surface area (Å²) >= 11 is 0. The molecule has 1 radical (unpaired) electrons. The van der Waals surface area contributed by atoms with E-state index in [4.69, 9.17) is 14.2 Å². The van der Waals surface area contributed by atoms with Crippen LogP contribution in [0.3, 0.4) is 0 Å². The molecule has 20 heavy (non-hydrogen) atoms. The summed E-state index contributed by atoms with van der Waals surface area (Å²) < 4.78 is 16.0. The number of carbonyl (C=O) groups excluding carboxylic acids is 1. The molecule has 0 aromatic heterocycles. The van der Waals surface area contributed by atoms with Crippen molar-refractivity contribution in [1.29, 1.82) is 0 Å². The van der Waals surface area contributed by atoms with Crippen LogP contribution in [0.5, 0.6) is 0 Å². The maximum absolute atomic E-state index is 11.3. The van der Waals surface area contributed by atoms with Gasteiger partial charge in [-0.15, -0.1) is 0 Å². The Labute approximate surface area is 137 Å². The van der Waals surface area contributed by atoms with Gasteiger partial charge >= 0.3 is 12.1 Å². The zero-order chi connectivity index (χ0) is 13.8. The summed E-state index contributed by atoms with van der Waals surface area (Å²) in [6, 6.07) is 0. The fraction of sp³-hybridized carbons (Fsp3) is 0.667. The molecule has 5 atom stereocenters. The molecule has 1 aliphatic carbocycles. The summed E-state index contributed by atoms with van der Waals surface area (Å²) in [5.41, 5.74) is -0.239. The number of ether oxygens (including phenoxy) is 3. The van der Waals surface area contributed by atoms with E-state index in [0.29, 0.717) is 6.42 Å². The van der Waals surface area contributed by atoms with Crippen LogP contribution < -0.4 is 5.32 Å². The third-order valence-corrected chi connectivity index (χ3v) is 4.24. The van der Waals surface area contributed by atoms with E-state index in [-0.39, 0.29) is 53.1 Å². The third kappa shape index (κ3) is 2.22. The molecule has 0 bridgehead atoms. The van der Waals surface area contributed by atoms with Crippen molar-refractivity contribution in [2.24, 2.45) is 11.8 Å². The Kier molecular flexibility index (Phi) is 4.07. The van der Waals surface area contributed by atoms with Crippen molar-refractivity contribution in [3.8, 4) is 0 Å². The van der Waals surface area contributed by atoms with Crippen LogP contribution in [0.25, 0.3) is 0 Å². The summed E-state index contributed by atoms with van der Waals surface area (Å²) in [7, 11) is 1.45. The van der Waals surface area contributed by atoms with Crippen LogP contribution in [0.4, 0.5) is 4.79 Å². The minimum Gasteiger partial charge on any atom is -0.478 e. The predicted molar refractivity (Wildman–Crippen MR) is 66.8 cm³/mol. The van der Waals surface area contributed by atoms with Gasteiger partial charge in [0.05, 0.1) is 23.9 Å². The third-order valence-electron chi connectivity index (χ3n) is 4.24. The summed E-state index contributed by atoms with van der Waals surface area (Å²) in [6.45, 7) is 1.90. The largest absolute Gasteiger partial charge is 0.478 e. The SMILES string of the molecule is CNC(=O)O[C@@H]1OC=C(C(=O)O)[C@H]2C[C@@H]3O[C@]3(C)[C@H]12.[Na]. The topological polar surface area (TPSA) is 97.4 Å². The number of epoxide rings is 1. The molecule has 3 rings (SSSR count). The van der Waals surface area contributed by atoms with Crippen molar-refractivity contribution in [3.63, 3.8) is 0 Å². The summed E-state index contributed by atoms with van der Waals surface area (Å²) in [5.74, 6) is -1.49. The van der Waals surface area contributed by atoms with E-state index in [1.807, 2.05) is 6.92 Å². The Bertz CT molecular complexity index is 481. The molecule has 2 fully saturated rings. The van der Waals surface area contributed by atoms with E-state index in [1.165, 1.54) is 13.3 Å². The normalized spacial score (nSPS) is 40.2. The average molecular weight is 292 g/mol. The molecule has 1 saturated carbocycles. The van der Waals surface area contributed by atoms with Crippen LogP contribution in [0.1, 0.15) is 13.3 Å². The van der Waals surface area contributed by atoms with Crippen molar-refractivity contribution in [3.05, 3.63) is 11.8 Å². The number of carbonyl (C=O) groups is 2. The molecule has 1 amide bonds. The van der Waals surface area contributed by atoms with E-state index in [9.17, 15) is 14.7 Å². The number of aliphatic carboxylic acids is 1. The van der Waals surface area contributed by atoms with E-state index in [1.54, 1.807) is 0 Å². The van der Waals surface area contributed by atoms with Crippen LogP contribution in [0.2, 0.25) is 0 Å². The second-order valence-electron chi connectivity index (χ2n) is 5.20. The summed E-state index contributed by atoms with van der Waals surface area (Å²) in [6.07, 6.45) is 0.401. The summed E-state index contributed by atoms with van der Waals surface area (Å²) in [4.78, 5) is 22.5. The number of carboxylic acids is 1.